The zero-order valence-electron chi connectivity index (χ0n) is 12.8. The molecule has 0 aromatic carbocycles. The summed E-state index contributed by atoms with van der Waals surface area (Å²) < 4.78 is 1.94. The van der Waals surface area contributed by atoms with Gasteiger partial charge in [0.1, 0.15) is 0 Å². The van der Waals surface area contributed by atoms with Crippen molar-refractivity contribution in [2.75, 3.05) is 19.6 Å². The first-order valence-corrected chi connectivity index (χ1v) is 7.43. The number of likely N-dealkylation sites (tertiary alicyclic amines) is 1. The molecule has 1 atom stereocenters. The Kier molecular flexibility index (Phi) is 4.31. The summed E-state index contributed by atoms with van der Waals surface area (Å²) in [6.07, 6.45) is 5.82. The number of hydrogen-bond donors (Lipinski definition) is 1. The van der Waals surface area contributed by atoms with Gasteiger partial charge in [0.15, 0.2) is 0 Å². The predicted molar refractivity (Wildman–Crippen MR) is 78.9 cm³/mol. The Balaban J connectivity index is 2.10. The smallest absolute Gasteiger partial charge is 0.0540 e. The third-order valence-corrected chi connectivity index (χ3v) is 5.15. The van der Waals surface area contributed by atoms with Gasteiger partial charge in [0.2, 0.25) is 0 Å². The van der Waals surface area contributed by atoms with Gasteiger partial charge < -0.3 is 5.73 Å². The minimum Gasteiger partial charge on any atom is -0.329 e. The van der Waals surface area contributed by atoms with E-state index in [0.29, 0.717) is 18.0 Å². The third-order valence-electron chi connectivity index (χ3n) is 5.15. The largest absolute Gasteiger partial charge is 0.329 e. The van der Waals surface area contributed by atoms with Gasteiger partial charge in [-0.05, 0) is 38.3 Å². The lowest BCUT2D eigenvalue weighted by Crippen LogP contribution is -2.42. The Morgan fingerprint density at radius 1 is 1.42 bits per heavy atom. The van der Waals surface area contributed by atoms with Gasteiger partial charge in [-0.15, -0.1) is 0 Å². The SMILES string of the molecule is CCC1(C)CCN(C(CN)c2cnn(C)c2C)CC1. The van der Waals surface area contributed by atoms with Crippen LogP contribution in [0.25, 0.3) is 0 Å². The lowest BCUT2D eigenvalue weighted by Gasteiger charge is -2.42. The van der Waals surface area contributed by atoms with Crippen LogP contribution in [0.5, 0.6) is 0 Å². The average molecular weight is 264 g/mol. The maximum atomic E-state index is 6.04. The van der Waals surface area contributed by atoms with Crippen molar-refractivity contribution in [2.24, 2.45) is 18.2 Å². The molecule has 1 aliphatic rings. The van der Waals surface area contributed by atoms with E-state index in [1.165, 1.54) is 30.5 Å². The number of aryl methyl sites for hydroxylation is 1. The first-order valence-electron chi connectivity index (χ1n) is 7.43. The number of rotatable bonds is 4. The molecule has 1 fully saturated rings. The van der Waals surface area contributed by atoms with E-state index in [1.807, 2.05) is 17.9 Å². The molecular weight excluding hydrogens is 236 g/mol. The lowest BCUT2D eigenvalue weighted by molar-refractivity contribution is 0.0826. The third kappa shape index (κ3) is 2.84. The highest BCUT2D eigenvalue weighted by atomic mass is 15.3. The Bertz CT molecular complexity index is 416. The van der Waals surface area contributed by atoms with Crippen LogP contribution in [-0.4, -0.2) is 34.3 Å². The first-order chi connectivity index (χ1) is 9.00. The van der Waals surface area contributed by atoms with Gasteiger partial charge in [0.05, 0.1) is 12.2 Å². The average Bonchev–Trinajstić information content (AvgIpc) is 2.74. The summed E-state index contributed by atoms with van der Waals surface area (Å²) >= 11 is 0. The molecule has 0 bridgehead atoms. The van der Waals surface area contributed by atoms with Crippen LogP contribution in [0, 0.1) is 12.3 Å². The van der Waals surface area contributed by atoms with Crippen LogP contribution < -0.4 is 5.73 Å². The van der Waals surface area contributed by atoms with E-state index in [-0.39, 0.29) is 0 Å². The van der Waals surface area contributed by atoms with Crippen molar-refractivity contribution in [1.29, 1.82) is 0 Å². The van der Waals surface area contributed by atoms with Crippen LogP contribution in [0.3, 0.4) is 0 Å². The van der Waals surface area contributed by atoms with E-state index < -0.39 is 0 Å². The van der Waals surface area contributed by atoms with Crippen molar-refractivity contribution in [2.45, 2.75) is 46.1 Å². The summed E-state index contributed by atoms with van der Waals surface area (Å²) in [6.45, 7) is 9.83. The molecule has 0 spiro atoms. The molecule has 1 aromatic heterocycles. The Hall–Kier alpha value is -0.870. The van der Waals surface area contributed by atoms with Crippen molar-refractivity contribution in [3.8, 4) is 0 Å². The first kappa shape index (κ1) is 14.5. The predicted octanol–water partition coefficient (Wildman–Crippen LogP) is 2.24. The molecular formula is C15H28N4. The van der Waals surface area contributed by atoms with E-state index in [2.05, 4.69) is 30.8 Å². The molecule has 19 heavy (non-hydrogen) atoms. The molecule has 0 aliphatic carbocycles. The Labute approximate surface area is 117 Å². The van der Waals surface area contributed by atoms with E-state index in [1.54, 1.807) is 0 Å². The maximum Gasteiger partial charge on any atom is 0.0540 e. The van der Waals surface area contributed by atoms with Gasteiger partial charge in [-0.3, -0.25) is 9.58 Å². The zero-order valence-corrected chi connectivity index (χ0v) is 12.8. The summed E-state index contributed by atoms with van der Waals surface area (Å²) in [4.78, 5) is 2.54. The molecule has 0 radical (unpaired) electrons. The molecule has 2 heterocycles. The molecule has 1 unspecified atom stereocenters. The molecule has 2 rings (SSSR count). The van der Waals surface area contributed by atoms with E-state index >= 15 is 0 Å². The molecule has 1 aromatic rings. The number of hydrogen-bond acceptors (Lipinski definition) is 3. The van der Waals surface area contributed by atoms with Crippen LogP contribution >= 0.6 is 0 Å². The maximum absolute atomic E-state index is 6.04. The van der Waals surface area contributed by atoms with Crippen LogP contribution in [0.4, 0.5) is 0 Å². The van der Waals surface area contributed by atoms with Crippen molar-refractivity contribution in [3.05, 3.63) is 17.5 Å². The fourth-order valence-electron chi connectivity index (χ4n) is 3.04. The van der Waals surface area contributed by atoms with Gasteiger partial charge in [0, 0.05) is 24.8 Å². The molecule has 0 amide bonds. The normalized spacial score (nSPS) is 21.5. The second-order valence-corrected chi connectivity index (χ2v) is 6.26. The summed E-state index contributed by atoms with van der Waals surface area (Å²) in [7, 11) is 2.00. The molecule has 0 saturated carbocycles. The second kappa shape index (κ2) is 5.63. The van der Waals surface area contributed by atoms with Gasteiger partial charge in [0.25, 0.3) is 0 Å². The quantitative estimate of drug-likeness (QED) is 0.907. The van der Waals surface area contributed by atoms with Crippen molar-refractivity contribution in [3.63, 3.8) is 0 Å². The highest BCUT2D eigenvalue weighted by molar-refractivity contribution is 5.21. The molecule has 108 valence electrons. The Morgan fingerprint density at radius 2 is 2.05 bits per heavy atom. The number of nitrogens with zero attached hydrogens (tertiary/aromatic N) is 3. The minimum atomic E-state index is 0.329. The fourth-order valence-corrected chi connectivity index (χ4v) is 3.04. The van der Waals surface area contributed by atoms with Gasteiger partial charge in [-0.1, -0.05) is 20.3 Å². The van der Waals surface area contributed by atoms with Gasteiger partial charge in [-0.25, -0.2) is 0 Å². The van der Waals surface area contributed by atoms with Crippen molar-refractivity contribution < 1.29 is 0 Å². The highest BCUT2D eigenvalue weighted by Crippen LogP contribution is 2.37. The molecule has 4 heteroatoms. The monoisotopic (exact) mass is 264 g/mol. The van der Waals surface area contributed by atoms with Gasteiger partial charge in [-0.2, -0.15) is 5.10 Å². The topological polar surface area (TPSA) is 47.1 Å². The van der Waals surface area contributed by atoms with E-state index in [4.69, 9.17) is 5.73 Å². The summed E-state index contributed by atoms with van der Waals surface area (Å²) in [5.41, 5.74) is 9.09. The molecule has 4 nitrogen and oxygen atoms in total. The van der Waals surface area contributed by atoms with Crippen molar-refractivity contribution >= 4 is 0 Å². The van der Waals surface area contributed by atoms with Gasteiger partial charge >= 0.3 is 0 Å². The van der Waals surface area contributed by atoms with Crippen LogP contribution in [0.1, 0.15) is 50.4 Å². The summed E-state index contributed by atoms with van der Waals surface area (Å²) in [5.74, 6) is 0. The summed E-state index contributed by atoms with van der Waals surface area (Å²) in [6, 6.07) is 0.329. The van der Waals surface area contributed by atoms with Crippen LogP contribution in [-0.2, 0) is 7.05 Å². The minimum absolute atomic E-state index is 0.329. The zero-order chi connectivity index (χ0) is 14.0. The van der Waals surface area contributed by atoms with Crippen molar-refractivity contribution in [1.82, 2.24) is 14.7 Å². The summed E-state index contributed by atoms with van der Waals surface area (Å²) in [5, 5.41) is 4.36. The number of aromatic nitrogens is 2. The van der Waals surface area contributed by atoms with Crippen LogP contribution in [0.2, 0.25) is 0 Å². The fraction of sp³-hybridized carbons (Fsp3) is 0.800. The Morgan fingerprint density at radius 3 is 2.47 bits per heavy atom. The second-order valence-electron chi connectivity index (χ2n) is 6.26. The van der Waals surface area contributed by atoms with Crippen LogP contribution in [0.15, 0.2) is 6.20 Å². The lowest BCUT2D eigenvalue weighted by atomic mass is 9.78. The molecule has 1 saturated heterocycles. The molecule has 2 N–H and O–H groups in total. The highest BCUT2D eigenvalue weighted by Gasteiger charge is 2.32. The number of piperidine rings is 1. The molecule has 1 aliphatic heterocycles. The van der Waals surface area contributed by atoms with E-state index in [9.17, 15) is 0 Å². The number of nitrogens with two attached hydrogens (primary N) is 1. The van der Waals surface area contributed by atoms with E-state index in [0.717, 1.165) is 13.1 Å². The standard InChI is InChI=1S/C15H28N4/c1-5-15(3)6-8-19(9-7-15)14(10-16)13-11-17-18(4)12(13)2/h11,14H,5-10,16H2,1-4H3.